The highest BCUT2D eigenvalue weighted by molar-refractivity contribution is 6.36. The number of benzene rings is 2. The molecule has 3 atom stereocenters. The van der Waals surface area contributed by atoms with Crippen molar-refractivity contribution < 1.29 is 14.6 Å². The van der Waals surface area contributed by atoms with Gasteiger partial charge in [-0.25, -0.2) is 14.8 Å². The number of likely N-dealkylation sites (tertiary alicyclic amines) is 1. The Kier molecular flexibility index (Phi) is 7.38. The number of anilines is 2. The summed E-state index contributed by atoms with van der Waals surface area (Å²) in [5.74, 6) is 0.545. The highest BCUT2D eigenvalue weighted by Crippen LogP contribution is 2.55. The number of pyridine rings is 2. The van der Waals surface area contributed by atoms with E-state index in [9.17, 15) is 19.5 Å². The Morgan fingerprint density at radius 1 is 1.02 bits per heavy atom. The van der Waals surface area contributed by atoms with E-state index >= 15 is 0 Å². The minimum Gasteiger partial charge on any atom is -0.481 e. The second-order valence-corrected chi connectivity index (χ2v) is 13.7. The third-order valence-corrected chi connectivity index (χ3v) is 11.2. The fourth-order valence-corrected chi connectivity index (χ4v) is 8.49. The van der Waals surface area contributed by atoms with E-state index in [0.29, 0.717) is 27.6 Å². The number of piperidine rings is 1. The fourth-order valence-electron chi connectivity index (χ4n) is 8.17. The molecular formula is C37H35ClN6O5. The van der Waals surface area contributed by atoms with Crippen LogP contribution in [0.25, 0.3) is 33.3 Å². The zero-order valence-electron chi connectivity index (χ0n) is 27.5. The maximum atomic E-state index is 13.2. The van der Waals surface area contributed by atoms with Gasteiger partial charge in [-0.3, -0.25) is 23.6 Å². The summed E-state index contributed by atoms with van der Waals surface area (Å²) in [6.45, 7) is 3.58. The van der Waals surface area contributed by atoms with E-state index < -0.39 is 17.2 Å². The zero-order valence-corrected chi connectivity index (χ0v) is 28.3. The summed E-state index contributed by atoms with van der Waals surface area (Å²) >= 11 is 7.20. The van der Waals surface area contributed by atoms with Crippen LogP contribution in [0.2, 0.25) is 5.02 Å². The number of halogens is 1. The van der Waals surface area contributed by atoms with Gasteiger partial charge in [-0.15, -0.1) is 0 Å². The average Bonchev–Trinajstić information content (AvgIpc) is 3.37. The van der Waals surface area contributed by atoms with Gasteiger partial charge in [-0.05, 0) is 66.5 Å². The van der Waals surface area contributed by atoms with Crippen LogP contribution < -0.4 is 21.3 Å². The Balaban J connectivity index is 1.13. The van der Waals surface area contributed by atoms with Crippen LogP contribution in [-0.4, -0.2) is 55.3 Å². The number of hydrogen-bond acceptors (Lipinski definition) is 8. The predicted molar refractivity (Wildman–Crippen MR) is 188 cm³/mol. The van der Waals surface area contributed by atoms with Gasteiger partial charge in [0.25, 0.3) is 5.56 Å². The van der Waals surface area contributed by atoms with Crippen LogP contribution in [0.4, 0.5) is 11.5 Å². The van der Waals surface area contributed by atoms with Crippen LogP contribution in [0.15, 0.2) is 64.3 Å². The normalized spacial score (nSPS) is 21.1. The molecule has 0 bridgehead atoms. The molecule has 3 unspecified atom stereocenters. The first-order valence-corrected chi connectivity index (χ1v) is 16.7. The van der Waals surface area contributed by atoms with Crippen LogP contribution in [0.5, 0.6) is 5.88 Å². The van der Waals surface area contributed by atoms with Crippen LogP contribution in [0.1, 0.15) is 29.2 Å². The number of nitrogens with zero attached hydrogens (tertiary/aromatic N) is 5. The number of fused-ring (bicyclic) bond motifs is 3. The second kappa shape index (κ2) is 11.6. The Labute approximate surface area is 286 Å². The Morgan fingerprint density at radius 2 is 1.73 bits per heavy atom. The molecule has 0 amide bonds. The van der Waals surface area contributed by atoms with Gasteiger partial charge in [-0.1, -0.05) is 41.9 Å². The SMILES string of the molecule is COc1nc(-c2cccc(-c3cccc(Nc4nccc5c4c(=O)n(C)c(=O)n5C)c3C)c2Cl)cc2c1C(N1CC3C(C1)C3C(=O)O)CC2. The van der Waals surface area contributed by atoms with Crippen molar-refractivity contribution in [2.24, 2.45) is 31.8 Å². The van der Waals surface area contributed by atoms with Gasteiger partial charge in [0.2, 0.25) is 5.88 Å². The van der Waals surface area contributed by atoms with Gasteiger partial charge in [-0.2, -0.15) is 0 Å². The molecule has 0 radical (unpaired) electrons. The molecule has 1 aliphatic heterocycles. The number of rotatable bonds is 7. The molecule has 2 aromatic carbocycles. The molecule has 12 heteroatoms. The number of aryl methyl sites for hydroxylation is 2. The molecule has 1 saturated carbocycles. The summed E-state index contributed by atoms with van der Waals surface area (Å²) in [7, 11) is 4.73. The van der Waals surface area contributed by atoms with Crippen LogP contribution in [-0.2, 0) is 25.3 Å². The average molecular weight is 679 g/mol. The minimum atomic E-state index is -0.675. The van der Waals surface area contributed by atoms with E-state index in [4.69, 9.17) is 21.3 Å². The molecule has 11 nitrogen and oxygen atoms in total. The summed E-state index contributed by atoms with van der Waals surface area (Å²) in [5, 5.41) is 13.7. The van der Waals surface area contributed by atoms with E-state index in [1.54, 1.807) is 26.4 Å². The van der Waals surface area contributed by atoms with Gasteiger partial charge in [0.15, 0.2) is 0 Å². The number of aliphatic carboxylic acids is 1. The maximum absolute atomic E-state index is 13.2. The second-order valence-electron chi connectivity index (χ2n) is 13.3. The highest BCUT2D eigenvalue weighted by atomic mass is 35.5. The lowest BCUT2D eigenvalue weighted by atomic mass is 9.96. The van der Waals surface area contributed by atoms with E-state index in [1.165, 1.54) is 17.2 Å². The third-order valence-electron chi connectivity index (χ3n) is 10.8. The molecule has 49 heavy (non-hydrogen) atoms. The van der Waals surface area contributed by atoms with Crippen molar-refractivity contribution in [3.8, 4) is 28.3 Å². The minimum absolute atomic E-state index is 0.162. The number of aromatic nitrogens is 4. The first-order chi connectivity index (χ1) is 23.6. The zero-order chi connectivity index (χ0) is 34.3. The molecular weight excluding hydrogens is 644 g/mol. The van der Waals surface area contributed by atoms with Gasteiger partial charge >= 0.3 is 11.7 Å². The molecule has 0 spiro atoms. The smallest absolute Gasteiger partial charge is 0.330 e. The molecule has 250 valence electrons. The number of nitrogens with one attached hydrogen (secondary N) is 1. The quantitative estimate of drug-likeness (QED) is 0.235. The van der Waals surface area contributed by atoms with Gasteiger partial charge in [0.1, 0.15) is 11.2 Å². The van der Waals surface area contributed by atoms with Gasteiger partial charge in [0.05, 0.1) is 29.3 Å². The molecule has 1 saturated heterocycles. The van der Waals surface area contributed by atoms with Gasteiger partial charge < -0.3 is 15.2 Å². The summed E-state index contributed by atoms with van der Waals surface area (Å²) in [5.41, 5.74) is 6.82. The van der Waals surface area contributed by atoms with Crippen molar-refractivity contribution in [1.82, 2.24) is 24.0 Å². The lowest BCUT2D eigenvalue weighted by Gasteiger charge is -2.27. The summed E-state index contributed by atoms with van der Waals surface area (Å²) in [6.07, 6.45) is 3.39. The summed E-state index contributed by atoms with van der Waals surface area (Å²) in [4.78, 5) is 49.1. The van der Waals surface area contributed by atoms with E-state index in [-0.39, 0.29) is 23.8 Å². The van der Waals surface area contributed by atoms with E-state index in [0.717, 1.165) is 69.7 Å². The monoisotopic (exact) mass is 678 g/mol. The van der Waals surface area contributed by atoms with E-state index in [2.05, 4.69) is 21.3 Å². The molecule has 8 rings (SSSR count). The Hall–Kier alpha value is -5.00. The highest BCUT2D eigenvalue weighted by Gasteiger charge is 2.60. The molecule has 2 aliphatic carbocycles. The first-order valence-electron chi connectivity index (χ1n) is 16.3. The number of carbonyl (C=O) groups is 1. The first kappa shape index (κ1) is 31.3. The standard InChI is InChI=1S/C37H35ClN6O5/c1-18-20(7-6-10-25(18)40-33-31-27(13-14-39-33)42(2)37(48)43(3)35(31)45)21-8-5-9-22(32(21)38)26-15-19-11-12-28(29(19)34(41-26)49-4)44-16-23-24(17-44)30(23)36(46)47/h5-10,13-15,23-24,28,30H,11-12,16-17H2,1-4H3,(H,39,40)(H,46,47). The number of carboxylic acids is 1. The maximum Gasteiger partial charge on any atom is 0.330 e. The van der Waals surface area contributed by atoms with Crippen molar-refractivity contribution in [1.29, 1.82) is 0 Å². The van der Waals surface area contributed by atoms with Crippen molar-refractivity contribution in [2.45, 2.75) is 25.8 Å². The lowest BCUT2D eigenvalue weighted by Crippen LogP contribution is -2.37. The topological polar surface area (TPSA) is 132 Å². The fraction of sp³-hybridized carbons (Fsp3) is 0.324. The van der Waals surface area contributed by atoms with E-state index in [1.807, 2.05) is 43.3 Å². The largest absolute Gasteiger partial charge is 0.481 e. The third kappa shape index (κ3) is 4.86. The van der Waals surface area contributed by atoms with Crippen molar-refractivity contribution in [3.63, 3.8) is 0 Å². The summed E-state index contributed by atoms with van der Waals surface area (Å²) < 4.78 is 8.40. The van der Waals surface area contributed by atoms with Crippen molar-refractivity contribution in [3.05, 3.63) is 97.3 Å². The van der Waals surface area contributed by atoms with Gasteiger partial charge in [0, 0.05) is 61.8 Å². The van der Waals surface area contributed by atoms with Crippen LogP contribution in [0, 0.1) is 24.7 Å². The Morgan fingerprint density at radius 3 is 2.47 bits per heavy atom. The number of carboxylic acid groups (broad SMARTS) is 1. The molecule has 5 aromatic rings. The number of ether oxygens (including phenoxy) is 1. The summed E-state index contributed by atoms with van der Waals surface area (Å²) in [6, 6.07) is 15.7. The van der Waals surface area contributed by atoms with Crippen molar-refractivity contribution >= 4 is 40.0 Å². The molecule has 2 fully saturated rings. The predicted octanol–water partition coefficient (Wildman–Crippen LogP) is 5.32. The molecule has 3 aliphatic rings. The number of methoxy groups -OCH3 is 1. The van der Waals surface area contributed by atoms with Crippen LogP contribution >= 0.6 is 11.6 Å². The lowest BCUT2D eigenvalue weighted by molar-refractivity contribution is -0.139. The van der Waals surface area contributed by atoms with Crippen LogP contribution in [0.3, 0.4) is 0 Å². The molecule has 3 aromatic heterocycles. The molecule has 2 N–H and O–H groups in total. The van der Waals surface area contributed by atoms with Crippen molar-refractivity contribution in [2.75, 3.05) is 25.5 Å². The Bertz CT molecular complexity index is 2320. The number of hydrogen-bond donors (Lipinski definition) is 2. The molecule has 4 heterocycles.